The molecule has 3 heterocycles. The van der Waals surface area contributed by atoms with Gasteiger partial charge in [-0.15, -0.1) is 0 Å². The lowest BCUT2D eigenvalue weighted by Crippen LogP contribution is -2.30. The molecule has 8 heteroatoms. The molecular formula is C16H14FN3O4. The lowest BCUT2D eigenvalue weighted by Gasteiger charge is -2.22. The molecule has 1 aromatic carbocycles. The summed E-state index contributed by atoms with van der Waals surface area (Å²) in [6.45, 7) is 0.565. The summed E-state index contributed by atoms with van der Waals surface area (Å²) in [7, 11) is 1.53. The molecule has 1 saturated heterocycles. The van der Waals surface area contributed by atoms with Crippen molar-refractivity contribution in [2.75, 3.05) is 13.7 Å². The van der Waals surface area contributed by atoms with Crippen molar-refractivity contribution in [2.24, 2.45) is 0 Å². The fourth-order valence-corrected chi connectivity index (χ4v) is 3.53. The number of ether oxygens (including phenoxy) is 1. The lowest BCUT2D eigenvalue weighted by atomic mass is 10.1. The largest absolute Gasteiger partial charge is 0.497 e. The molecule has 2 aliphatic heterocycles. The number of halogens is 1. The first-order valence-electron chi connectivity index (χ1n) is 7.55. The van der Waals surface area contributed by atoms with E-state index in [2.05, 4.69) is 9.93 Å². The predicted molar refractivity (Wildman–Crippen MR) is 79.7 cm³/mol. The van der Waals surface area contributed by atoms with Crippen molar-refractivity contribution in [3.05, 3.63) is 41.5 Å². The van der Waals surface area contributed by atoms with E-state index in [1.54, 1.807) is 27.7 Å². The monoisotopic (exact) mass is 331 g/mol. The Kier molecular flexibility index (Phi) is 3.26. The van der Waals surface area contributed by atoms with Crippen LogP contribution in [0.5, 0.6) is 5.75 Å². The van der Waals surface area contributed by atoms with E-state index in [9.17, 15) is 14.1 Å². The molecular weight excluding hydrogens is 317 g/mol. The molecule has 24 heavy (non-hydrogen) atoms. The van der Waals surface area contributed by atoms with Crippen LogP contribution in [0.3, 0.4) is 0 Å². The number of hydrogen-bond acceptors (Lipinski definition) is 5. The first-order valence-corrected chi connectivity index (χ1v) is 7.55. The molecule has 0 radical (unpaired) electrons. The van der Waals surface area contributed by atoms with Crippen LogP contribution < -0.4 is 4.74 Å². The van der Waals surface area contributed by atoms with Gasteiger partial charge in [0.25, 0.3) is 5.91 Å². The Labute approximate surface area is 136 Å². The van der Waals surface area contributed by atoms with Gasteiger partial charge in [0.15, 0.2) is 5.69 Å². The maximum Gasteiger partial charge on any atom is 0.399 e. The number of rotatable bonds is 2. The Morgan fingerprint density at radius 2 is 2.25 bits per heavy atom. The Balaban J connectivity index is 1.99. The standard InChI is InChI=1S/C16H14FN3O4/c1-23-9-4-5-11-10(7-9)15(21)19-6-2-3-12(19)14-13(16(22)24-17)18-8-20(11)14/h4-5,7-8,12H,2-3,6H2,1H3/t12-/m0/s1. The summed E-state index contributed by atoms with van der Waals surface area (Å²) in [5.74, 6) is -0.737. The number of nitrogens with zero attached hydrogens (tertiary/aromatic N) is 3. The molecule has 1 amide bonds. The maximum atomic E-state index is 12.9. The number of benzene rings is 1. The minimum atomic E-state index is -1.15. The van der Waals surface area contributed by atoms with Gasteiger partial charge in [0, 0.05) is 11.1 Å². The molecule has 7 nitrogen and oxygen atoms in total. The van der Waals surface area contributed by atoms with Gasteiger partial charge in [0.05, 0.1) is 30.1 Å². The molecule has 1 aromatic heterocycles. The van der Waals surface area contributed by atoms with E-state index >= 15 is 0 Å². The van der Waals surface area contributed by atoms with Crippen molar-refractivity contribution < 1.29 is 23.8 Å². The third-order valence-electron chi connectivity index (χ3n) is 4.59. The normalized spacial score (nSPS) is 18.5. The number of hydrogen-bond donors (Lipinski definition) is 0. The van der Waals surface area contributed by atoms with E-state index in [-0.39, 0.29) is 17.6 Å². The summed E-state index contributed by atoms with van der Waals surface area (Å²) in [5.41, 5.74) is 1.41. The third-order valence-corrected chi connectivity index (χ3v) is 4.59. The van der Waals surface area contributed by atoms with Crippen molar-refractivity contribution in [3.8, 4) is 11.4 Å². The Morgan fingerprint density at radius 3 is 3.00 bits per heavy atom. The summed E-state index contributed by atoms with van der Waals surface area (Å²) in [5, 5.41) is 0. The van der Waals surface area contributed by atoms with Gasteiger partial charge in [-0.05, 0) is 31.0 Å². The van der Waals surface area contributed by atoms with Gasteiger partial charge in [0.1, 0.15) is 12.1 Å². The molecule has 1 atom stereocenters. The van der Waals surface area contributed by atoms with E-state index < -0.39 is 5.97 Å². The van der Waals surface area contributed by atoms with Crippen molar-refractivity contribution in [2.45, 2.75) is 18.9 Å². The van der Waals surface area contributed by atoms with Gasteiger partial charge in [0.2, 0.25) is 0 Å². The first-order chi connectivity index (χ1) is 11.7. The Morgan fingerprint density at radius 1 is 1.42 bits per heavy atom. The molecule has 0 bridgehead atoms. The van der Waals surface area contributed by atoms with Crippen molar-refractivity contribution in [3.63, 3.8) is 0 Å². The fourth-order valence-electron chi connectivity index (χ4n) is 3.53. The molecule has 2 aromatic rings. The van der Waals surface area contributed by atoms with Crippen LogP contribution in [0, 0.1) is 0 Å². The summed E-state index contributed by atoms with van der Waals surface area (Å²) >= 11 is 0. The molecule has 124 valence electrons. The zero-order valence-corrected chi connectivity index (χ0v) is 12.9. The summed E-state index contributed by atoms with van der Waals surface area (Å²) in [4.78, 5) is 33.8. The number of methoxy groups -OCH3 is 1. The average molecular weight is 331 g/mol. The highest BCUT2D eigenvalue weighted by atomic mass is 19.3. The minimum absolute atomic E-state index is 0.106. The van der Waals surface area contributed by atoms with Crippen LogP contribution in [0.2, 0.25) is 0 Å². The molecule has 0 N–H and O–H groups in total. The molecule has 2 aliphatic rings. The zero-order valence-electron chi connectivity index (χ0n) is 12.9. The number of imidazole rings is 1. The predicted octanol–water partition coefficient (Wildman–Crippen LogP) is 2.21. The number of fused-ring (bicyclic) bond motifs is 5. The van der Waals surface area contributed by atoms with Gasteiger partial charge in [-0.2, -0.15) is 0 Å². The second kappa shape index (κ2) is 5.33. The van der Waals surface area contributed by atoms with Crippen LogP contribution >= 0.6 is 0 Å². The van der Waals surface area contributed by atoms with E-state index in [0.29, 0.717) is 35.7 Å². The quantitative estimate of drug-likeness (QED) is 0.843. The van der Waals surface area contributed by atoms with Gasteiger partial charge >= 0.3 is 5.97 Å². The number of carbonyl (C=O) groups excluding carboxylic acids is 2. The number of carbonyl (C=O) groups is 2. The van der Waals surface area contributed by atoms with Crippen LogP contribution in [0.15, 0.2) is 24.5 Å². The van der Waals surface area contributed by atoms with E-state index in [1.807, 2.05) is 0 Å². The topological polar surface area (TPSA) is 73.7 Å². The van der Waals surface area contributed by atoms with Gasteiger partial charge in [-0.3, -0.25) is 9.36 Å². The van der Waals surface area contributed by atoms with Crippen LogP contribution in [-0.4, -0.2) is 40.0 Å². The maximum absolute atomic E-state index is 12.9. The minimum Gasteiger partial charge on any atom is -0.497 e. The highest BCUT2D eigenvalue weighted by molar-refractivity contribution is 6.00. The molecule has 0 spiro atoms. The van der Waals surface area contributed by atoms with Crippen molar-refractivity contribution in [1.29, 1.82) is 0 Å². The van der Waals surface area contributed by atoms with Crippen molar-refractivity contribution in [1.82, 2.24) is 14.5 Å². The third kappa shape index (κ3) is 1.92. The summed E-state index contributed by atoms with van der Waals surface area (Å²) < 4.78 is 19.3. The van der Waals surface area contributed by atoms with E-state index in [1.165, 1.54) is 13.4 Å². The highest BCUT2D eigenvalue weighted by Crippen LogP contribution is 2.40. The van der Waals surface area contributed by atoms with Gasteiger partial charge in [-0.25, -0.2) is 14.7 Å². The zero-order chi connectivity index (χ0) is 16.8. The van der Waals surface area contributed by atoms with Crippen LogP contribution in [0.4, 0.5) is 4.53 Å². The van der Waals surface area contributed by atoms with Crippen LogP contribution in [-0.2, 0) is 4.94 Å². The molecule has 0 unspecified atom stereocenters. The van der Waals surface area contributed by atoms with Gasteiger partial charge < -0.3 is 9.64 Å². The number of aromatic nitrogens is 2. The highest BCUT2D eigenvalue weighted by Gasteiger charge is 2.40. The molecule has 0 saturated carbocycles. The lowest BCUT2D eigenvalue weighted by molar-refractivity contribution is -0.0794. The smallest absolute Gasteiger partial charge is 0.399 e. The summed E-state index contributed by atoms with van der Waals surface area (Å²) in [6.07, 6.45) is 2.89. The van der Waals surface area contributed by atoms with Gasteiger partial charge in [-0.1, -0.05) is 0 Å². The van der Waals surface area contributed by atoms with E-state index in [0.717, 1.165) is 6.42 Å². The fraction of sp³-hybridized carbons (Fsp3) is 0.312. The number of amides is 1. The Hall–Kier alpha value is -2.90. The van der Waals surface area contributed by atoms with Crippen LogP contribution in [0.1, 0.15) is 45.4 Å². The molecule has 4 rings (SSSR count). The van der Waals surface area contributed by atoms with E-state index in [4.69, 9.17) is 4.74 Å². The second-order valence-corrected chi connectivity index (χ2v) is 5.75. The SMILES string of the molecule is COc1ccc2c(c1)C(=O)N1CCC[C@H]1c1c(C(=O)OF)ncn1-2. The Bertz CT molecular complexity index is 848. The molecule has 1 fully saturated rings. The summed E-state index contributed by atoms with van der Waals surface area (Å²) in [6, 6.07) is 4.77. The van der Waals surface area contributed by atoms with Crippen LogP contribution in [0.25, 0.3) is 5.69 Å². The second-order valence-electron chi connectivity index (χ2n) is 5.75. The van der Waals surface area contributed by atoms with Crippen molar-refractivity contribution >= 4 is 11.9 Å². The average Bonchev–Trinajstić information content (AvgIpc) is 3.24. The molecule has 0 aliphatic carbocycles. The first kappa shape index (κ1) is 14.7.